The molecule has 0 saturated heterocycles. The van der Waals surface area contributed by atoms with Gasteiger partial charge in [-0.05, 0) is 48.4 Å². The number of aromatic amines is 1. The lowest BCUT2D eigenvalue weighted by atomic mass is 10.2. The highest BCUT2D eigenvalue weighted by atomic mass is 32.2. The molecular formula is C21H20N4O4S2. The van der Waals surface area contributed by atoms with Crippen molar-refractivity contribution in [3.05, 3.63) is 58.7 Å². The Labute approximate surface area is 182 Å². The van der Waals surface area contributed by atoms with Crippen LogP contribution in [-0.4, -0.2) is 30.1 Å². The summed E-state index contributed by atoms with van der Waals surface area (Å²) in [4.78, 5) is 17.8. The molecule has 1 fully saturated rings. The van der Waals surface area contributed by atoms with Crippen LogP contribution >= 0.6 is 11.3 Å². The Morgan fingerprint density at radius 1 is 1.23 bits per heavy atom. The van der Waals surface area contributed by atoms with Gasteiger partial charge in [0.25, 0.3) is 10.0 Å². The molecule has 1 aliphatic carbocycles. The van der Waals surface area contributed by atoms with Crippen molar-refractivity contribution in [2.24, 2.45) is 5.92 Å². The number of aromatic nitrogens is 3. The van der Waals surface area contributed by atoms with E-state index in [4.69, 9.17) is 0 Å². The molecule has 8 nitrogen and oxygen atoms in total. The van der Waals surface area contributed by atoms with Crippen molar-refractivity contribution in [3.8, 4) is 11.5 Å². The van der Waals surface area contributed by atoms with Crippen LogP contribution in [0.25, 0.3) is 21.6 Å². The maximum atomic E-state index is 13.6. The van der Waals surface area contributed by atoms with E-state index in [2.05, 4.69) is 19.6 Å². The fourth-order valence-corrected chi connectivity index (χ4v) is 6.51. The lowest BCUT2D eigenvalue weighted by Crippen LogP contribution is -2.32. The normalized spacial score (nSPS) is 14.2. The number of benzene rings is 1. The quantitative estimate of drug-likeness (QED) is 0.451. The summed E-state index contributed by atoms with van der Waals surface area (Å²) in [6, 6.07) is 10.9. The van der Waals surface area contributed by atoms with E-state index in [-0.39, 0.29) is 10.7 Å². The first-order valence-corrected chi connectivity index (χ1v) is 12.2. The van der Waals surface area contributed by atoms with Gasteiger partial charge in [-0.15, -0.1) is 11.3 Å². The summed E-state index contributed by atoms with van der Waals surface area (Å²) < 4.78 is 34.4. The van der Waals surface area contributed by atoms with Crippen LogP contribution in [0.3, 0.4) is 0 Å². The molecule has 0 unspecified atom stereocenters. The monoisotopic (exact) mass is 456 g/mol. The van der Waals surface area contributed by atoms with Gasteiger partial charge in [-0.2, -0.15) is 0 Å². The molecule has 10 heteroatoms. The first-order valence-electron chi connectivity index (χ1n) is 9.97. The van der Waals surface area contributed by atoms with Gasteiger partial charge in [0.1, 0.15) is 15.6 Å². The minimum absolute atomic E-state index is 0.0924. The third-order valence-electron chi connectivity index (χ3n) is 5.49. The van der Waals surface area contributed by atoms with Crippen molar-refractivity contribution in [2.45, 2.75) is 31.1 Å². The third kappa shape index (κ3) is 3.77. The smallest absolute Gasteiger partial charge is 0.296 e. The first kappa shape index (κ1) is 20.0. The molecule has 3 heterocycles. The van der Waals surface area contributed by atoms with Crippen molar-refractivity contribution in [3.63, 3.8) is 0 Å². The highest BCUT2D eigenvalue weighted by Gasteiger charge is 2.31. The number of hydrogen-bond acceptors (Lipinski definition) is 7. The molecule has 0 amide bonds. The lowest BCUT2D eigenvalue weighted by molar-refractivity contribution is 0.387. The van der Waals surface area contributed by atoms with Gasteiger partial charge in [-0.25, -0.2) is 13.2 Å². The van der Waals surface area contributed by atoms with Gasteiger partial charge < -0.3 is 0 Å². The van der Waals surface area contributed by atoms with Crippen LogP contribution in [0.15, 0.2) is 56.8 Å². The Morgan fingerprint density at radius 2 is 2.03 bits per heavy atom. The number of nitrogens with one attached hydrogen (secondary N) is 1. The zero-order valence-electron chi connectivity index (χ0n) is 16.7. The molecule has 1 aromatic carbocycles. The predicted molar refractivity (Wildman–Crippen MR) is 119 cm³/mol. The number of H-pyrrole nitrogens is 1. The molecule has 0 aliphatic heterocycles. The van der Waals surface area contributed by atoms with E-state index in [1.54, 1.807) is 0 Å². The molecule has 1 saturated carbocycles. The van der Waals surface area contributed by atoms with Gasteiger partial charge in [0.05, 0.1) is 0 Å². The Bertz CT molecular complexity index is 1400. The predicted octanol–water partition coefficient (Wildman–Crippen LogP) is 3.94. The summed E-state index contributed by atoms with van der Waals surface area (Å²) in [6.45, 7) is 2.40. The van der Waals surface area contributed by atoms with Crippen molar-refractivity contribution < 1.29 is 12.9 Å². The van der Waals surface area contributed by atoms with Crippen LogP contribution in [0.1, 0.15) is 24.8 Å². The number of thiophene rings is 1. The van der Waals surface area contributed by atoms with Gasteiger partial charge >= 0.3 is 5.76 Å². The van der Waals surface area contributed by atoms with Gasteiger partial charge in [0, 0.05) is 17.4 Å². The topological polar surface area (TPSA) is 109 Å². The lowest BCUT2D eigenvalue weighted by Gasteiger charge is -2.24. The third-order valence-corrected chi connectivity index (χ3v) is 8.68. The maximum Gasteiger partial charge on any atom is 0.439 e. The number of sulfonamides is 1. The molecule has 3 aromatic heterocycles. The average molecular weight is 457 g/mol. The highest BCUT2D eigenvalue weighted by Crippen LogP contribution is 2.41. The Morgan fingerprint density at radius 3 is 2.68 bits per heavy atom. The van der Waals surface area contributed by atoms with E-state index in [1.165, 1.54) is 34.0 Å². The minimum Gasteiger partial charge on any atom is -0.296 e. The second-order valence-corrected chi connectivity index (χ2v) is 10.6. The Kier molecular flexibility index (Phi) is 4.90. The molecule has 160 valence electrons. The Hall–Kier alpha value is -2.98. The van der Waals surface area contributed by atoms with Gasteiger partial charge in [0.15, 0.2) is 0 Å². The van der Waals surface area contributed by atoms with Crippen molar-refractivity contribution in [1.29, 1.82) is 0 Å². The van der Waals surface area contributed by atoms with E-state index >= 15 is 0 Å². The molecule has 0 bridgehead atoms. The second-order valence-electron chi connectivity index (χ2n) is 7.66. The number of anilines is 1. The first-order chi connectivity index (χ1) is 14.9. The number of hydrogen-bond donors (Lipinski definition) is 1. The summed E-state index contributed by atoms with van der Waals surface area (Å²) >= 11 is 1.49. The van der Waals surface area contributed by atoms with Crippen molar-refractivity contribution >= 4 is 36.4 Å². The number of aryl methyl sites for hydroxylation is 1. The van der Waals surface area contributed by atoms with Crippen molar-refractivity contribution in [1.82, 2.24) is 15.1 Å². The van der Waals surface area contributed by atoms with E-state index < -0.39 is 15.8 Å². The highest BCUT2D eigenvalue weighted by molar-refractivity contribution is 7.93. The summed E-state index contributed by atoms with van der Waals surface area (Å²) in [5, 5.41) is 5.40. The molecule has 31 heavy (non-hydrogen) atoms. The van der Waals surface area contributed by atoms with Crippen LogP contribution < -0.4 is 10.1 Å². The number of pyridine rings is 1. The summed E-state index contributed by atoms with van der Waals surface area (Å²) in [5.41, 5.74) is 1.29. The molecule has 0 atom stereocenters. The van der Waals surface area contributed by atoms with E-state index in [9.17, 15) is 13.2 Å². The fourth-order valence-electron chi connectivity index (χ4n) is 3.58. The van der Waals surface area contributed by atoms with Crippen LogP contribution in [0.2, 0.25) is 0 Å². The Balaban J connectivity index is 1.54. The summed E-state index contributed by atoms with van der Waals surface area (Å²) in [7, 11) is -3.82. The van der Waals surface area contributed by atoms with Crippen LogP contribution in [0.5, 0.6) is 0 Å². The largest absolute Gasteiger partial charge is 0.439 e. The molecule has 1 N–H and O–H groups in total. The molecule has 4 aromatic rings. The van der Waals surface area contributed by atoms with Crippen LogP contribution in [0.4, 0.5) is 5.00 Å². The fraction of sp³-hybridized carbons (Fsp3) is 0.286. The standard InChI is InChI=1S/C21H20N4O4S2/c1-13-16-4-2-3-5-18(16)30-20(13)25(11-10-14-6-7-14)31(27,28)15-8-9-17(22-12-15)19-23-21(26)29-24-19/h2-5,8-9,12,14H,6-7,10-11H2,1H3,(H,23,24,26). The zero-order valence-corrected chi connectivity index (χ0v) is 18.4. The van der Waals surface area contributed by atoms with E-state index in [0.29, 0.717) is 18.2 Å². The molecule has 0 radical (unpaired) electrons. The van der Waals surface area contributed by atoms with E-state index in [1.807, 2.05) is 31.2 Å². The number of nitrogens with zero attached hydrogens (tertiary/aromatic N) is 3. The number of rotatable bonds is 7. The number of fused-ring (bicyclic) bond motifs is 1. The van der Waals surface area contributed by atoms with Gasteiger partial charge in [0.2, 0.25) is 5.82 Å². The zero-order chi connectivity index (χ0) is 21.6. The van der Waals surface area contributed by atoms with Crippen LogP contribution in [0, 0.1) is 12.8 Å². The van der Waals surface area contributed by atoms with Gasteiger partial charge in [-0.3, -0.25) is 18.8 Å². The SMILES string of the molecule is Cc1c(N(CCC2CC2)S(=O)(=O)c2ccc(-c3noc(=O)[nH]3)nc2)sc2ccccc12. The summed E-state index contributed by atoms with van der Waals surface area (Å²) in [5.74, 6) is 0.0525. The second kappa shape index (κ2) is 7.61. The van der Waals surface area contributed by atoms with Crippen LogP contribution in [-0.2, 0) is 10.0 Å². The average Bonchev–Trinajstić information content (AvgIpc) is 3.41. The maximum absolute atomic E-state index is 13.6. The van der Waals surface area contributed by atoms with Gasteiger partial charge in [-0.1, -0.05) is 36.2 Å². The minimum atomic E-state index is -3.82. The summed E-state index contributed by atoms with van der Waals surface area (Å²) in [6.07, 6.45) is 4.44. The van der Waals surface area contributed by atoms with E-state index in [0.717, 1.165) is 39.9 Å². The molecular weight excluding hydrogens is 436 g/mol. The molecule has 0 spiro atoms. The molecule has 1 aliphatic rings. The molecule has 5 rings (SSSR count). The van der Waals surface area contributed by atoms with Crippen molar-refractivity contribution in [2.75, 3.05) is 10.8 Å².